The van der Waals surface area contributed by atoms with Crippen LogP contribution in [0.5, 0.6) is 11.5 Å². The Kier molecular flexibility index (Phi) is 3.72. The van der Waals surface area contributed by atoms with Crippen molar-refractivity contribution in [2.24, 2.45) is 5.92 Å². The lowest BCUT2D eigenvalue weighted by Crippen LogP contribution is -2.40. The molecule has 1 amide bonds. The zero-order chi connectivity index (χ0) is 13.1. The summed E-state index contributed by atoms with van der Waals surface area (Å²) in [5.74, 6) is -0.436. The van der Waals surface area contributed by atoms with Gasteiger partial charge in [-0.15, -0.1) is 0 Å². The number of carbonyl (C=O) groups excluding carboxylic acids is 1. The molecule has 0 radical (unpaired) electrons. The Hall–Kier alpha value is -1.75. The van der Waals surface area contributed by atoms with Gasteiger partial charge < -0.3 is 20.2 Å². The zero-order valence-electron chi connectivity index (χ0n) is 10.0. The van der Waals surface area contributed by atoms with Crippen LogP contribution in [0, 0.1) is 5.92 Å². The van der Waals surface area contributed by atoms with E-state index in [1.54, 1.807) is 4.90 Å². The van der Waals surface area contributed by atoms with Crippen LogP contribution in [0.1, 0.15) is 23.2 Å². The van der Waals surface area contributed by atoms with Gasteiger partial charge in [-0.3, -0.25) is 4.79 Å². The number of aliphatic hydroxyl groups is 1. The lowest BCUT2D eigenvalue weighted by Gasteiger charge is -2.32. The molecule has 1 aliphatic heterocycles. The van der Waals surface area contributed by atoms with Gasteiger partial charge in [-0.05, 0) is 30.9 Å². The Labute approximate surface area is 105 Å². The third-order valence-corrected chi connectivity index (χ3v) is 3.28. The monoisotopic (exact) mass is 251 g/mol. The predicted molar refractivity (Wildman–Crippen MR) is 65.5 cm³/mol. The van der Waals surface area contributed by atoms with E-state index in [0.717, 1.165) is 18.9 Å². The Morgan fingerprint density at radius 1 is 1.39 bits per heavy atom. The zero-order valence-corrected chi connectivity index (χ0v) is 10.0. The molecule has 5 heteroatoms. The van der Waals surface area contributed by atoms with Gasteiger partial charge in [-0.2, -0.15) is 0 Å². The van der Waals surface area contributed by atoms with Gasteiger partial charge in [-0.1, -0.05) is 0 Å². The largest absolute Gasteiger partial charge is 0.508 e. The average molecular weight is 251 g/mol. The fraction of sp³-hybridized carbons (Fsp3) is 0.462. The average Bonchev–Trinajstić information content (AvgIpc) is 2.38. The molecule has 0 spiro atoms. The van der Waals surface area contributed by atoms with E-state index < -0.39 is 0 Å². The van der Waals surface area contributed by atoms with Gasteiger partial charge in [0.2, 0.25) is 0 Å². The van der Waals surface area contributed by atoms with E-state index in [9.17, 15) is 15.0 Å². The molecule has 1 fully saturated rings. The first-order chi connectivity index (χ1) is 8.61. The highest BCUT2D eigenvalue weighted by molar-refractivity contribution is 5.97. The number of nitrogens with zero attached hydrogens (tertiary/aromatic N) is 1. The summed E-state index contributed by atoms with van der Waals surface area (Å²) < 4.78 is 0. The first kappa shape index (κ1) is 12.7. The number of aliphatic hydroxyl groups excluding tert-OH is 1. The minimum atomic E-state index is -0.259. The molecule has 0 bridgehead atoms. The van der Waals surface area contributed by atoms with Crippen LogP contribution in [0.2, 0.25) is 0 Å². The Morgan fingerprint density at radius 3 is 2.83 bits per heavy atom. The molecule has 1 aliphatic rings. The maximum Gasteiger partial charge on any atom is 0.257 e. The van der Waals surface area contributed by atoms with Crippen LogP contribution in [-0.2, 0) is 0 Å². The third-order valence-electron chi connectivity index (χ3n) is 3.28. The number of phenols is 2. The lowest BCUT2D eigenvalue weighted by molar-refractivity contribution is 0.0618. The van der Waals surface area contributed by atoms with Crippen molar-refractivity contribution in [3.8, 4) is 11.5 Å². The molecule has 3 N–H and O–H groups in total. The van der Waals surface area contributed by atoms with Crippen molar-refractivity contribution in [3.63, 3.8) is 0 Å². The number of amides is 1. The van der Waals surface area contributed by atoms with Gasteiger partial charge in [-0.25, -0.2) is 0 Å². The van der Waals surface area contributed by atoms with Gasteiger partial charge in [0.15, 0.2) is 0 Å². The maximum absolute atomic E-state index is 12.2. The number of benzene rings is 1. The molecule has 1 heterocycles. The first-order valence-corrected chi connectivity index (χ1v) is 6.04. The summed E-state index contributed by atoms with van der Waals surface area (Å²) >= 11 is 0. The van der Waals surface area contributed by atoms with Crippen LogP contribution < -0.4 is 0 Å². The van der Waals surface area contributed by atoms with E-state index >= 15 is 0 Å². The third kappa shape index (κ3) is 2.56. The van der Waals surface area contributed by atoms with E-state index in [2.05, 4.69) is 0 Å². The predicted octanol–water partition coefficient (Wildman–Crippen LogP) is 0.942. The summed E-state index contributed by atoms with van der Waals surface area (Å²) in [4.78, 5) is 13.8. The molecule has 0 aromatic heterocycles. The number of hydrogen-bond acceptors (Lipinski definition) is 4. The molecular weight excluding hydrogens is 234 g/mol. The number of aromatic hydroxyl groups is 2. The molecule has 1 aromatic carbocycles. The van der Waals surface area contributed by atoms with Crippen LogP contribution in [0.3, 0.4) is 0 Å². The molecule has 0 saturated carbocycles. The molecule has 5 nitrogen and oxygen atoms in total. The van der Waals surface area contributed by atoms with Crippen molar-refractivity contribution in [2.75, 3.05) is 19.7 Å². The van der Waals surface area contributed by atoms with Crippen molar-refractivity contribution in [3.05, 3.63) is 23.8 Å². The molecule has 1 aromatic rings. The molecule has 98 valence electrons. The molecule has 1 unspecified atom stereocenters. The molecule has 18 heavy (non-hydrogen) atoms. The second kappa shape index (κ2) is 5.27. The smallest absolute Gasteiger partial charge is 0.257 e. The molecular formula is C13H17NO4. The minimum Gasteiger partial charge on any atom is -0.508 e. The first-order valence-electron chi connectivity index (χ1n) is 6.04. The number of hydrogen-bond donors (Lipinski definition) is 3. The summed E-state index contributed by atoms with van der Waals surface area (Å²) in [5, 5.41) is 28.0. The van der Waals surface area contributed by atoms with E-state index in [-0.39, 0.29) is 35.5 Å². The summed E-state index contributed by atoms with van der Waals surface area (Å²) in [6.45, 7) is 1.22. The summed E-state index contributed by atoms with van der Waals surface area (Å²) in [7, 11) is 0. The highest BCUT2D eigenvalue weighted by Crippen LogP contribution is 2.25. The number of likely N-dealkylation sites (tertiary alicyclic amines) is 1. The highest BCUT2D eigenvalue weighted by atomic mass is 16.3. The van der Waals surface area contributed by atoms with Crippen molar-refractivity contribution < 1.29 is 20.1 Å². The van der Waals surface area contributed by atoms with Crippen LogP contribution in [0.15, 0.2) is 18.2 Å². The van der Waals surface area contributed by atoms with Crippen LogP contribution in [-0.4, -0.2) is 45.8 Å². The number of phenolic OH excluding ortho intramolecular Hbond substituents is 2. The SMILES string of the molecule is O=C(c1ccc(O)cc1O)N1CCCC(CO)C1. The summed E-state index contributed by atoms with van der Waals surface area (Å²) in [5.41, 5.74) is 0.186. The number of carbonyl (C=O) groups is 1. The summed E-state index contributed by atoms with van der Waals surface area (Å²) in [6, 6.07) is 3.94. The second-order valence-corrected chi connectivity index (χ2v) is 4.64. The Balaban J connectivity index is 2.15. The summed E-state index contributed by atoms with van der Waals surface area (Å²) in [6.07, 6.45) is 1.78. The lowest BCUT2D eigenvalue weighted by atomic mass is 9.98. The minimum absolute atomic E-state index is 0.0732. The topological polar surface area (TPSA) is 81.0 Å². The van der Waals surface area contributed by atoms with Crippen LogP contribution >= 0.6 is 0 Å². The van der Waals surface area contributed by atoms with Gasteiger partial charge in [0, 0.05) is 25.8 Å². The Morgan fingerprint density at radius 2 is 2.17 bits per heavy atom. The second-order valence-electron chi connectivity index (χ2n) is 4.64. The number of rotatable bonds is 2. The highest BCUT2D eigenvalue weighted by Gasteiger charge is 2.25. The van der Waals surface area contributed by atoms with Crippen molar-refractivity contribution >= 4 is 5.91 Å². The normalized spacial score (nSPS) is 19.8. The van der Waals surface area contributed by atoms with Gasteiger partial charge in [0.25, 0.3) is 5.91 Å². The molecule has 1 saturated heterocycles. The molecule has 0 aliphatic carbocycles. The van der Waals surface area contributed by atoms with Crippen LogP contribution in [0.4, 0.5) is 0 Å². The van der Waals surface area contributed by atoms with Gasteiger partial charge in [0.05, 0.1) is 5.56 Å². The quantitative estimate of drug-likeness (QED) is 0.730. The Bertz CT molecular complexity index is 447. The fourth-order valence-corrected chi connectivity index (χ4v) is 2.27. The van der Waals surface area contributed by atoms with E-state index in [1.165, 1.54) is 12.1 Å². The van der Waals surface area contributed by atoms with E-state index in [1.807, 2.05) is 0 Å². The van der Waals surface area contributed by atoms with E-state index in [4.69, 9.17) is 5.11 Å². The number of piperidine rings is 1. The molecule has 2 rings (SSSR count). The van der Waals surface area contributed by atoms with Crippen molar-refractivity contribution in [1.29, 1.82) is 0 Å². The maximum atomic E-state index is 12.2. The van der Waals surface area contributed by atoms with E-state index in [0.29, 0.717) is 13.1 Å². The van der Waals surface area contributed by atoms with Gasteiger partial charge >= 0.3 is 0 Å². The molecule has 1 atom stereocenters. The fourth-order valence-electron chi connectivity index (χ4n) is 2.27. The van der Waals surface area contributed by atoms with Gasteiger partial charge in [0.1, 0.15) is 11.5 Å². The van der Waals surface area contributed by atoms with Crippen LogP contribution in [0.25, 0.3) is 0 Å². The van der Waals surface area contributed by atoms with Crippen molar-refractivity contribution in [1.82, 2.24) is 4.90 Å². The van der Waals surface area contributed by atoms with Crippen molar-refractivity contribution in [2.45, 2.75) is 12.8 Å². The standard InChI is InChI=1S/C13H17NO4/c15-8-9-2-1-5-14(7-9)13(18)11-4-3-10(16)6-12(11)17/h3-4,6,9,15-17H,1-2,5,7-8H2.